The first kappa shape index (κ1) is 27.7. The standard InChI is InChI=1S/C31H40N2O5/c1-5-8-18-37-25-13-10-22(11-14-25)28-27(29(34)23-12-15-26-24(20-23)19-21(4)38-26)30(35)31(36)33(28)17-9-16-32(6-2)7-3/h10-15,20-21,28,34H,5-9,16-19H2,1-4H3/t21-,28-/m0/s1. The molecule has 7 heteroatoms. The fourth-order valence-corrected chi connectivity index (χ4v) is 5.27. The van der Waals surface area contributed by atoms with Crippen LogP contribution in [-0.2, 0) is 16.0 Å². The summed E-state index contributed by atoms with van der Waals surface area (Å²) in [4.78, 5) is 30.6. The molecule has 38 heavy (non-hydrogen) atoms. The Morgan fingerprint density at radius 3 is 2.50 bits per heavy atom. The summed E-state index contributed by atoms with van der Waals surface area (Å²) in [7, 11) is 0. The van der Waals surface area contributed by atoms with Gasteiger partial charge in [0.2, 0.25) is 0 Å². The van der Waals surface area contributed by atoms with Gasteiger partial charge in [0, 0.05) is 18.5 Å². The number of ketones is 1. The molecule has 4 rings (SSSR count). The van der Waals surface area contributed by atoms with Gasteiger partial charge in [0.25, 0.3) is 11.7 Å². The fourth-order valence-electron chi connectivity index (χ4n) is 5.27. The van der Waals surface area contributed by atoms with E-state index in [2.05, 4.69) is 25.7 Å². The topological polar surface area (TPSA) is 79.3 Å². The highest BCUT2D eigenvalue weighted by molar-refractivity contribution is 6.46. The summed E-state index contributed by atoms with van der Waals surface area (Å²) in [6, 6.07) is 12.3. The van der Waals surface area contributed by atoms with E-state index in [0.29, 0.717) is 18.7 Å². The summed E-state index contributed by atoms with van der Waals surface area (Å²) in [6.45, 7) is 12.1. The third-order valence-corrected chi connectivity index (χ3v) is 7.44. The van der Waals surface area contributed by atoms with Gasteiger partial charge in [-0.15, -0.1) is 0 Å². The van der Waals surface area contributed by atoms with Crippen molar-refractivity contribution in [1.82, 2.24) is 9.80 Å². The molecular formula is C31H40N2O5. The largest absolute Gasteiger partial charge is 0.507 e. The van der Waals surface area contributed by atoms with E-state index in [1.54, 1.807) is 11.0 Å². The number of ether oxygens (including phenoxy) is 2. The van der Waals surface area contributed by atoms with Crippen LogP contribution >= 0.6 is 0 Å². The number of nitrogens with zero attached hydrogens (tertiary/aromatic N) is 2. The van der Waals surface area contributed by atoms with Crippen LogP contribution in [0.1, 0.15) is 69.7 Å². The number of unbranched alkanes of at least 4 members (excludes halogenated alkanes) is 1. The number of likely N-dealkylation sites (tertiary alicyclic amines) is 1. The first-order chi connectivity index (χ1) is 18.4. The van der Waals surface area contributed by atoms with Crippen LogP contribution in [0.5, 0.6) is 11.5 Å². The van der Waals surface area contributed by atoms with Gasteiger partial charge in [0.1, 0.15) is 23.4 Å². The Hall–Kier alpha value is -3.32. The molecule has 1 fully saturated rings. The van der Waals surface area contributed by atoms with Crippen molar-refractivity contribution < 1.29 is 24.2 Å². The van der Waals surface area contributed by atoms with E-state index in [1.165, 1.54) is 0 Å². The van der Waals surface area contributed by atoms with Crippen LogP contribution in [0.15, 0.2) is 48.0 Å². The van der Waals surface area contributed by atoms with Gasteiger partial charge < -0.3 is 24.4 Å². The fraction of sp³-hybridized carbons (Fsp3) is 0.484. The number of Topliss-reactive ketones (excluding diaryl/α,β-unsaturated/α-hetero) is 1. The van der Waals surface area contributed by atoms with E-state index in [0.717, 1.165) is 67.9 Å². The number of aliphatic hydroxyl groups excluding tert-OH is 1. The number of hydrogen-bond donors (Lipinski definition) is 1. The second-order valence-electron chi connectivity index (χ2n) is 10.1. The first-order valence-electron chi connectivity index (χ1n) is 13.9. The van der Waals surface area contributed by atoms with Gasteiger partial charge in [-0.25, -0.2) is 0 Å². The van der Waals surface area contributed by atoms with Crippen LogP contribution in [0.4, 0.5) is 0 Å². The molecule has 2 atom stereocenters. The summed E-state index contributed by atoms with van der Waals surface area (Å²) in [5.41, 5.74) is 2.41. The molecule has 0 aliphatic carbocycles. The van der Waals surface area contributed by atoms with Crippen molar-refractivity contribution in [2.45, 2.75) is 65.5 Å². The minimum Gasteiger partial charge on any atom is -0.507 e. The molecule has 0 unspecified atom stereocenters. The third kappa shape index (κ3) is 5.88. The molecule has 1 N–H and O–H groups in total. The monoisotopic (exact) mass is 520 g/mol. The highest BCUT2D eigenvalue weighted by Crippen LogP contribution is 2.41. The SMILES string of the molecule is CCCCOc1ccc([C@H]2C(=C(O)c3ccc4c(c3)C[C@H](C)O4)C(=O)C(=O)N2CCCN(CC)CC)cc1. The minimum absolute atomic E-state index is 0.0665. The molecule has 2 aromatic carbocycles. The molecule has 0 radical (unpaired) electrons. The van der Waals surface area contributed by atoms with Crippen LogP contribution in [-0.4, -0.2) is 65.5 Å². The van der Waals surface area contributed by atoms with E-state index in [9.17, 15) is 14.7 Å². The van der Waals surface area contributed by atoms with E-state index < -0.39 is 17.7 Å². The van der Waals surface area contributed by atoms with Crippen LogP contribution in [0.25, 0.3) is 5.76 Å². The first-order valence-corrected chi connectivity index (χ1v) is 13.9. The number of carbonyl (C=O) groups is 2. The highest BCUT2D eigenvalue weighted by atomic mass is 16.5. The van der Waals surface area contributed by atoms with E-state index in [1.807, 2.05) is 43.3 Å². The Morgan fingerprint density at radius 1 is 1.08 bits per heavy atom. The molecule has 1 amide bonds. The Balaban J connectivity index is 1.69. The number of carbonyl (C=O) groups excluding carboxylic acids is 2. The lowest BCUT2D eigenvalue weighted by atomic mass is 9.94. The molecule has 204 valence electrons. The molecule has 0 saturated carbocycles. The number of amides is 1. The molecule has 2 aromatic rings. The molecule has 2 aliphatic rings. The van der Waals surface area contributed by atoms with Crippen molar-refractivity contribution in [3.63, 3.8) is 0 Å². The van der Waals surface area contributed by atoms with Gasteiger partial charge in [0.15, 0.2) is 0 Å². The zero-order valence-electron chi connectivity index (χ0n) is 23.0. The van der Waals surface area contributed by atoms with Gasteiger partial charge in [-0.05, 0) is 80.9 Å². The average Bonchev–Trinajstić information content (AvgIpc) is 3.42. The summed E-state index contributed by atoms with van der Waals surface area (Å²) in [5, 5.41) is 11.4. The minimum atomic E-state index is -0.667. The maximum absolute atomic E-state index is 13.4. The van der Waals surface area contributed by atoms with Crippen molar-refractivity contribution in [2.75, 3.05) is 32.8 Å². The van der Waals surface area contributed by atoms with E-state index in [4.69, 9.17) is 9.47 Å². The van der Waals surface area contributed by atoms with Crippen molar-refractivity contribution in [1.29, 1.82) is 0 Å². The smallest absolute Gasteiger partial charge is 0.295 e. The van der Waals surface area contributed by atoms with E-state index >= 15 is 0 Å². The quantitative estimate of drug-likeness (QED) is 0.176. The Bertz CT molecular complexity index is 1170. The second kappa shape index (κ2) is 12.5. The summed E-state index contributed by atoms with van der Waals surface area (Å²) in [5.74, 6) is 0.168. The van der Waals surface area contributed by atoms with Crippen LogP contribution < -0.4 is 9.47 Å². The molecule has 1 saturated heterocycles. The normalized spacial score (nSPS) is 20.2. The molecule has 0 bridgehead atoms. The zero-order valence-corrected chi connectivity index (χ0v) is 23.0. The Morgan fingerprint density at radius 2 is 1.82 bits per heavy atom. The third-order valence-electron chi connectivity index (χ3n) is 7.44. The van der Waals surface area contributed by atoms with Crippen molar-refractivity contribution in [3.8, 4) is 11.5 Å². The van der Waals surface area contributed by atoms with Crippen LogP contribution in [0.2, 0.25) is 0 Å². The number of hydrogen-bond acceptors (Lipinski definition) is 6. The zero-order chi connectivity index (χ0) is 27.2. The predicted molar refractivity (Wildman–Crippen MR) is 148 cm³/mol. The maximum atomic E-state index is 13.4. The lowest BCUT2D eigenvalue weighted by Crippen LogP contribution is -2.33. The van der Waals surface area contributed by atoms with E-state index in [-0.39, 0.29) is 17.4 Å². The Kier molecular flexibility index (Phi) is 9.10. The van der Waals surface area contributed by atoms with Gasteiger partial charge in [-0.1, -0.05) is 39.3 Å². The lowest BCUT2D eigenvalue weighted by Gasteiger charge is -2.27. The molecule has 0 aromatic heterocycles. The van der Waals surface area contributed by atoms with Crippen LogP contribution in [0, 0.1) is 0 Å². The number of rotatable bonds is 12. The second-order valence-corrected chi connectivity index (χ2v) is 10.1. The number of benzene rings is 2. The molecular weight excluding hydrogens is 480 g/mol. The summed E-state index contributed by atoms with van der Waals surface area (Å²) >= 11 is 0. The van der Waals surface area contributed by atoms with Gasteiger partial charge >= 0.3 is 0 Å². The molecule has 2 heterocycles. The highest BCUT2D eigenvalue weighted by Gasteiger charge is 2.46. The van der Waals surface area contributed by atoms with Crippen molar-refractivity contribution in [2.24, 2.45) is 0 Å². The number of fused-ring (bicyclic) bond motifs is 1. The molecule has 0 spiro atoms. The lowest BCUT2D eigenvalue weighted by molar-refractivity contribution is -0.140. The summed E-state index contributed by atoms with van der Waals surface area (Å²) < 4.78 is 11.6. The molecule has 7 nitrogen and oxygen atoms in total. The van der Waals surface area contributed by atoms with Gasteiger partial charge in [0.05, 0.1) is 18.2 Å². The predicted octanol–water partition coefficient (Wildman–Crippen LogP) is 5.34. The Labute approximate surface area is 226 Å². The van der Waals surface area contributed by atoms with Gasteiger partial charge in [-0.3, -0.25) is 9.59 Å². The molecule has 2 aliphatic heterocycles. The van der Waals surface area contributed by atoms with Crippen molar-refractivity contribution in [3.05, 3.63) is 64.7 Å². The number of aliphatic hydroxyl groups is 1. The van der Waals surface area contributed by atoms with Crippen LogP contribution in [0.3, 0.4) is 0 Å². The average molecular weight is 521 g/mol. The maximum Gasteiger partial charge on any atom is 0.295 e. The summed E-state index contributed by atoms with van der Waals surface area (Å²) in [6.07, 6.45) is 3.56. The van der Waals surface area contributed by atoms with Gasteiger partial charge in [-0.2, -0.15) is 0 Å². The van der Waals surface area contributed by atoms with Crippen molar-refractivity contribution >= 4 is 17.4 Å².